The Labute approximate surface area is 138 Å². The smallest absolute Gasteiger partial charge is 0.226 e. The van der Waals surface area contributed by atoms with E-state index in [1.54, 1.807) is 28.9 Å². The second-order valence-corrected chi connectivity index (χ2v) is 5.16. The first kappa shape index (κ1) is 16.0. The molecular formula is C14H19N9O. The van der Waals surface area contributed by atoms with Crippen LogP contribution in [0.3, 0.4) is 0 Å². The van der Waals surface area contributed by atoms with Crippen molar-refractivity contribution in [3.8, 4) is 23.1 Å². The van der Waals surface area contributed by atoms with E-state index in [0.29, 0.717) is 23.9 Å². The highest BCUT2D eigenvalue weighted by molar-refractivity contribution is 5.52. The first-order valence-corrected chi connectivity index (χ1v) is 7.80. The number of phenols is 1. The minimum absolute atomic E-state index is 0.0771. The largest absolute Gasteiger partial charge is 0.506 e. The molecule has 3 rings (SSSR count). The van der Waals surface area contributed by atoms with Crippen LogP contribution in [-0.2, 0) is 6.54 Å². The number of benzene rings is 1. The highest BCUT2D eigenvalue weighted by Crippen LogP contribution is 2.23. The summed E-state index contributed by atoms with van der Waals surface area (Å²) in [6.45, 7) is 7.60. The molecule has 0 radical (unpaired) electrons. The maximum Gasteiger partial charge on any atom is 0.226 e. The molecular weight excluding hydrogens is 310 g/mol. The zero-order chi connectivity index (χ0) is 16.9. The molecule has 0 unspecified atom stereocenters. The molecule has 3 aromatic rings. The van der Waals surface area contributed by atoms with Crippen LogP contribution >= 0.6 is 0 Å². The number of tetrazole rings is 2. The molecule has 0 saturated carbocycles. The molecule has 0 saturated heterocycles. The second kappa shape index (κ2) is 7.13. The summed E-state index contributed by atoms with van der Waals surface area (Å²) in [5.74, 6) is 0.907. The third-order valence-electron chi connectivity index (χ3n) is 3.83. The van der Waals surface area contributed by atoms with E-state index in [-0.39, 0.29) is 5.75 Å². The third-order valence-corrected chi connectivity index (χ3v) is 3.83. The Kier molecular flexibility index (Phi) is 4.75. The quantitative estimate of drug-likeness (QED) is 0.661. The number of rotatable bonds is 7. The molecule has 2 heterocycles. The van der Waals surface area contributed by atoms with Crippen molar-refractivity contribution < 1.29 is 5.11 Å². The number of likely N-dealkylation sites (N-methyl/N-ethyl adjacent to an activating group) is 1. The summed E-state index contributed by atoms with van der Waals surface area (Å²) >= 11 is 0. The van der Waals surface area contributed by atoms with Gasteiger partial charge in [-0.2, -0.15) is 4.68 Å². The summed E-state index contributed by atoms with van der Waals surface area (Å²) in [6, 6.07) is 6.82. The van der Waals surface area contributed by atoms with Gasteiger partial charge >= 0.3 is 0 Å². The summed E-state index contributed by atoms with van der Waals surface area (Å²) in [6.07, 6.45) is 0. The molecule has 0 aliphatic carbocycles. The van der Waals surface area contributed by atoms with E-state index in [1.165, 1.54) is 4.68 Å². The van der Waals surface area contributed by atoms with Crippen molar-refractivity contribution in [2.75, 3.05) is 19.6 Å². The van der Waals surface area contributed by atoms with Crippen molar-refractivity contribution in [3.05, 3.63) is 24.3 Å². The first-order chi connectivity index (χ1) is 11.7. The number of aromatic hydroxyl groups is 1. The van der Waals surface area contributed by atoms with Crippen LogP contribution in [0.25, 0.3) is 17.3 Å². The Morgan fingerprint density at radius 3 is 2.46 bits per heavy atom. The van der Waals surface area contributed by atoms with E-state index in [2.05, 4.69) is 49.8 Å². The molecule has 1 aromatic carbocycles. The van der Waals surface area contributed by atoms with Gasteiger partial charge in [-0.1, -0.05) is 26.0 Å². The van der Waals surface area contributed by atoms with Gasteiger partial charge in [0.05, 0.1) is 6.54 Å². The van der Waals surface area contributed by atoms with Gasteiger partial charge in [0.25, 0.3) is 0 Å². The van der Waals surface area contributed by atoms with Crippen LogP contribution in [0.4, 0.5) is 0 Å². The molecule has 0 bridgehead atoms. The molecule has 126 valence electrons. The molecule has 0 atom stereocenters. The molecule has 0 spiro atoms. The molecule has 1 N–H and O–H groups in total. The molecule has 0 aliphatic heterocycles. The monoisotopic (exact) mass is 329 g/mol. The lowest BCUT2D eigenvalue weighted by molar-refractivity contribution is 0.284. The van der Waals surface area contributed by atoms with Gasteiger partial charge in [0.2, 0.25) is 11.6 Å². The van der Waals surface area contributed by atoms with Gasteiger partial charge in [-0.25, -0.2) is 4.68 Å². The molecule has 10 heteroatoms. The van der Waals surface area contributed by atoms with Gasteiger partial charge < -0.3 is 10.0 Å². The second-order valence-electron chi connectivity index (χ2n) is 5.16. The van der Waals surface area contributed by atoms with Crippen molar-refractivity contribution in [2.45, 2.75) is 20.4 Å². The maximum absolute atomic E-state index is 10.0. The van der Waals surface area contributed by atoms with Gasteiger partial charge in [0.15, 0.2) is 0 Å². The van der Waals surface area contributed by atoms with Crippen molar-refractivity contribution in [2.24, 2.45) is 0 Å². The van der Waals surface area contributed by atoms with Crippen molar-refractivity contribution in [3.63, 3.8) is 0 Å². The lowest BCUT2D eigenvalue weighted by atomic mass is 10.3. The number of hydrogen-bond donors (Lipinski definition) is 1. The van der Waals surface area contributed by atoms with E-state index in [0.717, 1.165) is 19.6 Å². The van der Waals surface area contributed by atoms with E-state index in [4.69, 9.17) is 0 Å². The zero-order valence-corrected chi connectivity index (χ0v) is 13.6. The Morgan fingerprint density at radius 1 is 1.00 bits per heavy atom. The average molecular weight is 329 g/mol. The first-order valence-electron chi connectivity index (χ1n) is 7.80. The van der Waals surface area contributed by atoms with Gasteiger partial charge in [0, 0.05) is 6.54 Å². The Balaban J connectivity index is 1.91. The van der Waals surface area contributed by atoms with E-state index in [9.17, 15) is 5.11 Å². The van der Waals surface area contributed by atoms with E-state index in [1.807, 2.05) is 0 Å². The van der Waals surface area contributed by atoms with Crippen LogP contribution < -0.4 is 0 Å². The zero-order valence-electron chi connectivity index (χ0n) is 13.6. The highest BCUT2D eigenvalue weighted by atomic mass is 16.3. The predicted molar refractivity (Wildman–Crippen MR) is 85.4 cm³/mol. The van der Waals surface area contributed by atoms with Gasteiger partial charge in [-0.05, 0) is 46.1 Å². The topological polar surface area (TPSA) is 111 Å². The number of phenolic OH excluding ortho intramolecular Hbond substituents is 1. The van der Waals surface area contributed by atoms with Crippen LogP contribution in [0.2, 0.25) is 0 Å². The van der Waals surface area contributed by atoms with Gasteiger partial charge in [0.1, 0.15) is 11.4 Å². The van der Waals surface area contributed by atoms with Crippen molar-refractivity contribution in [1.82, 2.24) is 45.3 Å². The summed E-state index contributed by atoms with van der Waals surface area (Å²) in [7, 11) is 0. The summed E-state index contributed by atoms with van der Waals surface area (Å²) in [5.41, 5.74) is 0.468. The molecule has 2 aromatic heterocycles. The normalized spacial score (nSPS) is 11.3. The lowest BCUT2D eigenvalue weighted by Crippen LogP contribution is -2.27. The van der Waals surface area contributed by atoms with Crippen LogP contribution in [-0.4, -0.2) is 70.1 Å². The van der Waals surface area contributed by atoms with E-state index >= 15 is 0 Å². The molecule has 24 heavy (non-hydrogen) atoms. The predicted octanol–water partition coefficient (Wildman–Crippen LogP) is 0.363. The molecule has 10 nitrogen and oxygen atoms in total. The number of hydrogen-bond acceptors (Lipinski definition) is 8. The standard InChI is InChI=1S/C14H19N9O/c1-3-21(4-2)9-10-22-13(15-17-19-22)14-16-18-20-23(14)11-7-5-6-8-12(11)24/h5-8,24H,3-4,9-10H2,1-2H3. The minimum Gasteiger partial charge on any atom is -0.506 e. The fourth-order valence-corrected chi connectivity index (χ4v) is 2.42. The highest BCUT2D eigenvalue weighted by Gasteiger charge is 2.19. The van der Waals surface area contributed by atoms with Crippen molar-refractivity contribution >= 4 is 0 Å². The van der Waals surface area contributed by atoms with Crippen LogP contribution in [0.5, 0.6) is 5.75 Å². The van der Waals surface area contributed by atoms with Gasteiger partial charge in [-0.15, -0.1) is 10.2 Å². The van der Waals surface area contributed by atoms with Crippen LogP contribution in [0.1, 0.15) is 13.8 Å². The van der Waals surface area contributed by atoms with Crippen LogP contribution in [0.15, 0.2) is 24.3 Å². The molecule has 0 fully saturated rings. The summed E-state index contributed by atoms with van der Waals surface area (Å²) in [5, 5.41) is 33.5. The lowest BCUT2D eigenvalue weighted by Gasteiger charge is -2.17. The minimum atomic E-state index is 0.0771. The van der Waals surface area contributed by atoms with E-state index < -0.39 is 0 Å². The molecule has 0 amide bonds. The fraction of sp³-hybridized carbons (Fsp3) is 0.429. The summed E-state index contributed by atoms with van der Waals surface area (Å²) < 4.78 is 3.09. The van der Waals surface area contributed by atoms with Crippen molar-refractivity contribution in [1.29, 1.82) is 0 Å². The molecule has 0 aliphatic rings. The fourth-order valence-electron chi connectivity index (χ4n) is 2.42. The third kappa shape index (κ3) is 3.08. The van der Waals surface area contributed by atoms with Crippen LogP contribution in [0, 0.1) is 0 Å². The summed E-state index contributed by atoms with van der Waals surface area (Å²) in [4.78, 5) is 2.28. The Hall–Kier alpha value is -2.88. The number of aromatic nitrogens is 8. The number of nitrogens with zero attached hydrogens (tertiary/aromatic N) is 9. The Morgan fingerprint density at radius 2 is 1.71 bits per heavy atom. The Bertz CT molecular complexity index is 793. The average Bonchev–Trinajstić information content (AvgIpc) is 3.24. The van der Waals surface area contributed by atoms with Gasteiger partial charge in [-0.3, -0.25) is 0 Å². The number of para-hydroxylation sites is 2. The maximum atomic E-state index is 10.0. The SMILES string of the molecule is CCN(CC)CCn1nnnc1-c1nnnn1-c1ccccc1O.